The summed E-state index contributed by atoms with van der Waals surface area (Å²) in [5, 5.41) is 0. The molecule has 4 nitrogen and oxygen atoms in total. The molecule has 2 rings (SSSR count). The molecule has 0 unspecified atom stereocenters. The summed E-state index contributed by atoms with van der Waals surface area (Å²) in [5.74, 6) is 0.156. The van der Waals surface area contributed by atoms with Gasteiger partial charge in [-0.1, -0.05) is 30.3 Å². The number of rotatable bonds is 8. The van der Waals surface area contributed by atoms with Gasteiger partial charge in [0, 0.05) is 39.2 Å². The lowest BCUT2D eigenvalue weighted by Crippen LogP contribution is -2.33. The zero-order chi connectivity index (χ0) is 15.8. The first-order chi connectivity index (χ1) is 10.7. The predicted octanol–water partition coefficient (Wildman–Crippen LogP) is 2.63. The highest BCUT2D eigenvalue weighted by molar-refractivity contribution is 5.78. The van der Waals surface area contributed by atoms with Crippen molar-refractivity contribution in [1.29, 1.82) is 0 Å². The number of nitrogens with zero attached hydrogens (tertiary/aromatic N) is 2. The number of carbonyl (C=O) groups excluding carboxylic acids is 1. The molecule has 4 heteroatoms. The van der Waals surface area contributed by atoms with Crippen LogP contribution in [-0.4, -0.2) is 35.6 Å². The van der Waals surface area contributed by atoms with E-state index in [9.17, 15) is 4.79 Å². The van der Waals surface area contributed by atoms with E-state index in [1.807, 2.05) is 54.5 Å². The number of aromatic nitrogens is 1. The Morgan fingerprint density at radius 3 is 2.59 bits per heavy atom. The van der Waals surface area contributed by atoms with Gasteiger partial charge >= 0.3 is 0 Å². The second-order valence-corrected chi connectivity index (χ2v) is 5.43. The van der Waals surface area contributed by atoms with E-state index < -0.39 is 0 Å². The van der Waals surface area contributed by atoms with Crippen LogP contribution >= 0.6 is 0 Å². The lowest BCUT2D eigenvalue weighted by molar-refractivity contribution is -0.131. The minimum Gasteiger partial charge on any atom is -0.385 e. The molecule has 1 aromatic heterocycles. The van der Waals surface area contributed by atoms with Crippen molar-refractivity contribution in [2.45, 2.75) is 19.4 Å². The minimum atomic E-state index is 0.156. The van der Waals surface area contributed by atoms with Crippen LogP contribution < -0.4 is 0 Å². The van der Waals surface area contributed by atoms with E-state index in [-0.39, 0.29) is 5.91 Å². The molecule has 0 saturated heterocycles. The van der Waals surface area contributed by atoms with E-state index in [1.54, 1.807) is 7.11 Å². The second-order valence-electron chi connectivity index (χ2n) is 5.43. The van der Waals surface area contributed by atoms with Crippen LogP contribution in [0.2, 0.25) is 0 Å². The first-order valence-corrected chi connectivity index (χ1v) is 7.61. The van der Waals surface area contributed by atoms with Crippen LogP contribution in [0.1, 0.15) is 17.7 Å². The van der Waals surface area contributed by atoms with Crippen molar-refractivity contribution in [2.24, 2.45) is 7.05 Å². The van der Waals surface area contributed by atoms with Gasteiger partial charge in [0.25, 0.3) is 0 Å². The third-order valence-corrected chi connectivity index (χ3v) is 3.73. The van der Waals surface area contributed by atoms with E-state index >= 15 is 0 Å². The third kappa shape index (κ3) is 4.74. The Balaban J connectivity index is 2.02. The molecule has 0 saturated carbocycles. The van der Waals surface area contributed by atoms with Gasteiger partial charge in [-0.3, -0.25) is 4.79 Å². The number of carbonyl (C=O) groups is 1. The van der Waals surface area contributed by atoms with Gasteiger partial charge in [-0.2, -0.15) is 0 Å². The van der Waals surface area contributed by atoms with E-state index in [1.165, 1.54) is 0 Å². The molecule has 0 N–H and O–H groups in total. The summed E-state index contributed by atoms with van der Waals surface area (Å²) in [7, 11) is 3.69. The van der Waals surface area contributed by atoms with Gasteiger partial charge < -0.3 is 14.2 Å². The normalized spacial score (nSPS) is 10.6. The number of methoxy groups -OCH3 is 1. The van der Waals surface area contributed by atoms with E-state index in [2.05, 4.69) is 10.6 Å². The fourth-order valence-corrected chi connectivity index (χ4v) is 2.43. The van der Waals surface area contributed by atoms with Gasteiger partial charge in [0.15, 0.2) is 0 Å². The average Bonchev–Trinajstić information content (AvgIpc) is 2.92. The number of benzene rings is 1. The Bertz CT molecular complexity index is 578. The van der Waals surface area contributed by atoms with Gasteiger partial charge in [0.2, 0.25) is 5.91 Å². The lowest BCUT2D eigenvalue weighted by atomic mass is 10.1. The maximum atomic E-state index is 12.6. The summed E-state index contributed by atoms with van der Waals surface area (Å²) in [5.41, 5.74) is 2.19. The standard InChI is InChI=1S/C18H24N2O2/c1-19-11-6-10-17(19)15-20(12-7-13-22-2)18(21)14-16-8-4-3-5-9-16/h3-6,8-11H,7,12-15H2,1-2H3. The number of aryl methyl sites for hydroxylation is 1. The zero-order valence-corrected chi connectivity index (χ0v) is 13.4. The topological polar surface area (TPSA) is 34.5 Å². The van der Waals surface area contributed by atoms with Crippen LogP contribution in [-0.2, 0) is 29.5 Å². The zero-order valence-electron chi connectivity index (χ0n) is 13.4. The summed E-state index contributed by atoms with van der Waals surface area (Å²) in [6.45, 7) is 2.02. The van der Waals surface area contributed by atoms with Crippen LogP contribution in [0, 0.1) is 0 Å². The molecule has 0 atom stereocenters. The van der Waals surface area contributed by atoms with Crippen molar-refractivity contribution in [1.82, 2.24) is 9.47 Å². The molecule has 0 aliphatic heterocycles. The molecule has 1 amide bonds. The lowest BCUT2D eigenvalue weighted by Gasteiger charge is -2.23. The summed E-state index contributed by atoms with van der Waals surface area (Å²) >= 11 is 0. The molecular weight excluding hydrogens is 276 g/mol. The second kappa shape index (κ2) is 8.39. The minimum absolute atomic E-state index is 0.156. The molecule has 0 bridgehead atoms. The molecule has 2 aromatic rings. The van der Waals surface area contributed by atoms with Crippen LogP contribution in [0.3, 0.4) is 0 Å². The SMILES string of the molecule is COCCCN(Cc1cccn1C)C(=O)Cc1ccccc1. The molecule has 118 valence electrons. The Hall–Kier alpha value is -2.07. The first kappa shape index (κ1) is 16.3. The summed E-state index contributed by atoms with van der Waals surface area (Å²) < 4.78 is 7.16. The number of amides is 1. The van der Waals surface area contributed by atoms with Gasteiger partial charge in [-0.15, -0.1) is 0 Å². The smallest absolute Gasteiger partial charge is 0.227 e. The molecule has 22 heavy (non-hydrogen) atoms. The van der Waals surface area contributed by atoms with Crippen molar-refractivity contribution in [3.05, 3.63) is 59.9 Å². The van der Waals surface area contributed by atoms with E-state index in [0.29, 0.717) is 26.1 Å². The molecule has 0 radical (unpaired) electrons. The van der Waals surface area contributed by atoms with Crippen molar-refractivity contribution in [3.63, 3.8) is 0 Å². The highest BCUT2D eigenvalue weighted by Gasteiger charge is 2.15. The van der Waals surface area contributed by atoms with Crippen LogP contribution in [0.15, 0.2) is 48.7 Å². The quantitative estimate of drug-likeness (QED) is 0.702. The summed E-state index contributed by atoms with van der Waals surface area (Å²) in [4.78, 5) is 14.5. The van der Waals surface area contributed by atoms with Crippen molar-refractivity contribution in [3.8, 4) is 0 Å². The largest absolute Gasteiger partial charge is 0.385 e. The molecule has 0 spiro atoms. The van der Waals surface area contributed by atoms with Crippen molar-refractivity contribution < 1.29 is 9.53 Å². The highest BCUT2D eigenvalue weighted by Crippen LogP contribution is 2.09. The maximum Gasteiger partial charge on any atom is 0.227 e. The number of ether oxygens (including phenoxy) is 1. The Morgan fingerprint density at radius 1 is 1.18 bits per heavy atom. The average molecular weight is 300 g/mol. The molecule has 0 aliphatic carbocycles. The molecule has 1 aromatic carbocycles. The molecule has 1 heterocycles. The van der Waals surface area contributed by atoms with Crippen LogP contribution in [0.25, 0.3) is 0 Å². The monoisotopic (exact) mass is 300 g/mol. The van der Waals surface area contributed by atoms with Gasteiger partial charge in [0.05, 0.1) is 13.0 Å². The Kier molecular flexibility index (Phi) is 6.22. The highest BCUT2D eigenvalue weighted by atomic mass is 16.5. The van der Waals surface area contributed by atoms with Crippen LogP contribution in [0.4, 0.5) is 0 Å². The summed E-state index contributed by atoms with van der Waals surface area (Å²) in [6, 6.07) is 13.9. The number of hydrogen-bond acceptors (Lipinski definition) is 2. The van der Waals surface area contributed by atoms with Crippen LogP contribution in [0.5, 0.6) is 0 Å². The fourth-order valence-electron chi connectivity index (χ4n) is 2.43. The first-order valence-electron chi connectivity index (χ1n) is 7.61. The molecular formula is C18H24N2O2. The Labute approximate surface area is 132 Å². The number of hydrogen-bond donors (Lipinski definition) is 0. The third-order valence-electron chi connectivity index (χ3n) is 3.73. The molecule has 0 fully saturated rings. The summed E-state index contributed by atoms with van der Waals surface area (Å²) in [6.07, 6.45) is 3.30. The van der Waals surface area contributed by atoms with Gasteiger partial charge in [-0.05, 0) is 24.1 Å². The molecule has 0 aliphatic rings. The van der Waals surface area contributed by atoms with E-state index in [4.69, 9.17) is 4.74 Å². The Morgan fingerprint density at radius 2 is 1.95 bits per heavy atom. The van der Waals surface area contributed by atoms with Gasteiger partial charge in [-0.25, -0.2) is 0 Å². The fraction of sp³-hybridized carbons (Fsp3) is 0.389. The van der Waals surface area contributed by atoms with Crippen molar-refractivity contribution in [2.75, 3.05) is 20.3 Å². The predicted molar refractivity (Wildman–Crippen MR) is 87.5 cm³/mol. The maximum absolute atomic E-state index is 12.6. The van der Waals surface area contributed by atoms with Crippen molar-refractivity contribution >= 4 is 5.91 Å². The van der Waals surface area contributed by atoms with Gasteiger partial charge in [0.1, 0.15) is 0 Å². The van der Waals surface area contributed by atoms with E-state index in [0.717, 1.165) is 17.7 Å².